The van der Waals surface area contributed by atoms with Crippen molar-refractivity contribution in [3.8, 4) is 0 Å². The number of aromatic nitrogens is 1. The number of amides is 2. The third-order valence-electron chi connectivity index (χ3n) is 2.51. The van der Waals surface area contributed by atoms with Crippen molar-refractivity contribution in [1.82, 2.24) is 15.6 Å². The van der Waals surface area contributed by atoms with Crippen molar-refractivity contribution in [2.75, 3.05) is 6.61 Å². The molecule has 96 valence electrons. The summed E-state index contributed by atoms with van der Waals surface area (Å²) in [5, 5.41) is 17.4. The molecule has 2 atom stereocenters. The van der Waals surface area contributed by atoms with Gasteiger partial charge in [-0.15, -0.1) is 11.3 Å². The lowest BCUT2D eigenvalue weighted by atomic mass is 10.2. The van der Waals surface area contributed by atoms with Gasteiger partial charge in [-0.05, 0) is 12.8 Å². The largest absolute Gasteiger partial charge is 0.394 e. The maximum absolute atomic E-state index is 11.7. The minimum atomic E-state index is -0.257. The van der Waals surface area contributed by atoms with Crippen molar-refractivity contribution in [2.24, 2.45) is 0 Å². The van der Waals surface area contributed by atoms with E-state index in [2.05, 4.69) is 15.6 Å². The van der Waals surface area contributed by atoms with E-state index in [1.165, 1.54) is 11.3 Å². The van der Waals surface area contributed by atoms with Crippen LogP contribution in [-0.4, -0.2) is 28.8 Å². The van der Waals surface area contributed by atoms with Gasteiger partial charge in [0.15, 0.2) is 0 Å². The van der Waals surface area contributed by atoms with Gasteiger partial charge in [0.2, 0.25) is 0 Å². The number of carbonyl (C=O) groups excluding carboxylic acids is 1. The molecular weight excluding hydrogens is 238 g/mol. The first-order valence-electron chi connectivity index (χ1n) is 5.78. The van der Waals surface area contributed by atoms with Gasteiger partial charge in [-0.25, -0.2) is 9.78 Å². The quantitative estimate of drug-likeness (QED) is 0.725. The molecule has 0 aliphatic heterocycles. The minimum Gasteiger partial charge on any atom is -0.394 e. The molecule has 0 radical (unpaired) electrons. The normalized spacial score (nSPS) is 14.1. The van der Waals surface area contributed by atoms with Crippen molar-refractivity contribution in [1.29, 1.82) is 0 Å². The summed E-state index contributed by atoms with van der Waals surface area (Å²) < 4.78 is 0. The van der Waals surface area contributed by atoms with E-state index in [1.807, 2.05) is 19.2 Å². The summed E-state index contributed by atoms with van der Waals surface area (Å²) >= 11 is 1.52. The zero-order chi connectivity index (χ0) is 12.7. The molecule has 1 aromatic heterocycles. The summed E-state index contributed by atoms with van der Waals surface area (Å²) in [6.07, 6.45) is 3.22. The van der Waals surface area contributed by atoms with Gasteiger partial charge in [-0.1, -0.05) is 13.8 Å². The summed E-state index contributed by atoms with van der Waals surface area (Å²) in [6.45, 7) is 3.87. The van der Waals surface area contributed by atoms with Crippen molar-refractivity contribution in [2.45, 2.75) is 38.8 Å². The predicted octanol–water partition coefficient (Wildman–Crippen LogP) is 1.66. The lowest BCUT2D eigenvalue weighted by Gasteiger charge is -2.18. The molecule has 0 saturated carbocycles. The molecular formula is C11H19N3O2S. The van der Waals surface area contributed by atoms with E-state index in [0.717, 1.165) is 11.4 Å². The maximum Gasteiger partial charge on any atom is 0.315 e. The summed E-state index contributed by atoms with van der Waals surface area (Å²) in [5.41, 5.74) is 0. The minimum absolute atomic E-state index is 0.0437. The Kier molecular flexibility index (Phi) is 5.93. The summed E-state index contributed by atoms with van der Waals surface area (Å²) in [4.78, 5) is 15.9. The number of hydrogen-bond donors (Lipinski definition) is 3. The van der Waals surface area contributed by atoms with Gasteiger partial charge in [0.25, 0.3) is 0 Å². The van der Waals surface area contributed by atoms with E-state index in [1.54, 1.807) is 6.20 Å². The molecule has 0 bridgehead atoms. The Morgan fingerprint density at radius 3 is 2.71 bits per heavy atom. The molecule has 0 aliphatic rings. The van der Waals surface area contributed by atoms with Crippen LogP contribution in [0, 0.1) is 0 Å². The first kappa shape index (κ1) is 13.9. The SMILES string of the molecule is CCC(CO)NC(=O)NC(CC)c1nccs1. The molecule has 1 aromatic rings. The zero-order valence-corrected chi connectivity index (χ0v) is 11.0. The molecule has 0 fully saturated rings. The average Bonchev–Trinajstić information content (AvgIpc) is 2.86. The fraction of sp³-hybridized carbons (Fsp3) is 0.636. The molecule has 1 rings (SSSR count). The average molecular weight is 257 g/mol. The van der Waals surface area contributed by atoms with Crippen LogP contribution in [-0.2, 0) is 0 Å². The molecule has 0 aliphatic carbocycles. The van der Waals surface area contributed by atoms with E-state index in [4.69, 9.17) is 5.11 Å². The molecule has 0 aromatic carbocycles. The van der Waals surface area contributed by atoms with E-state index in [-0.39, 0.29) is 24.7 Å². The highest BCUT2D eigenvalue weighted by molar-refractivity contribution is 7.09. The number of thiazole rings is 1. The van der Waals surface area contributed by atoms with E-state index in [9.17, 15) is 4.79 Å². The van der Waals surface area contributed by atoms with E-state index >= 15 is 0 Å². The van der Waals surface area contributed by atoms with Gasteiger partial charge < -0.3 is 15.7 Å². The first-order valence-corrected chi connectivity index (χ1v) is 6.66. The van der Waals surface area contributed by atoms with Crippen LogP contribution in [0.3, 0.4) is 0 Å². The van der Waals surface area contributed by atoms with Crippen LogP contribution in [0.4, 0.5) is 4.79 Å². The second-order valence-corrected chi connectivity index (χ2v) is 4.66. The summed E-state index contributed by atoms with van der Waals surface area (Å²) in [6, 6.07) is -0.511. The van der Waals surface area contributed by atoms with E-state index < -0.39 is 0 Å². The molecule has 2 unspecified atom stereocenters. The number of nitrogens with zero attached hydrogens (tertiary/aromatic N) is 1. The Morgan fingerprint density at radius 1 is 1.47 bits per heavy atom. The van der Waals surface area contributed by atoms with Crippen molar-refractivity contribution < 1.29 is 9.90 Å². The third kappa shape index (κ3) is 4.32. The van der Waals surface area contributed by atoms with Crippen LogP contribution in [0.5, 0.6) is 0 Å². The highest BCUT2D eigenvalue weighted by atomic mass is 32.1. The standard InChI is InChI=1S/C11H19N3O2S/c1-3-8(7-15)13-11(16)14-9(4-2)10-12-5-6-17-10/h5-6,8-9,15H,3-4,7H2,1-2H3,(H2,13,14,16). The van der Waals surface area contributed by atoms with Crippen molar-refractivity contribution in [3.63, 3.8) is 0 Å². The fourth-order valence-corrected chi connectivity index (χ4v) is 2.18. The van der Waals surface area contributed by atoms with Gasteiger partial charge in [0.1, 0.15) is 5.01 Å². The van der Waals surface area contributed by atoms with Crippen LogP contribution in [0.1, 0.15) is 37.7 Å². The number of nitrogens with one attached hydrogen (secondary N) is 2. The smallest absolute Gasteiger partial charge is 0.315 e. The molecule has 0 saturated heterocycles. The van der Waals surface area contributed by atoms with Crippen LogP contribution < -0.4 is 10.6 Å². The third-order valence-corrected chi connectivity index (χ3v) is 3.40. The predicted molar refractivity (Wildman–Crippen MR) is 68.0 cm³/mol. The second kappa shape index (κ2) is 7.24. The molecule has 5 nitrogen and oxygen atoms in total. The number of rotatable bonds is 6. The maximum atomic E-state index is 11.7. The Balaban J connectivity index is 2.49. The molecule has 2 amide bonds. The highest BCUT2D eigenvalue weighted by Gasteiger charge is 2.16. The lowest BCUT2D eigenvalue weighted by Crippen LogP contribution is -2.44. The van der Waals surface area contributed by atoms with Crippen LogP contribution >= 0.6 is 11.3 Å². The fourth-order valence-electron chi connectivity index (χ4n) is 1.41. The number of hydrogen-bond acceptors (Lipinski definition) is 4. The van der Waals surface area contributed by atoms with Crippen LogP contribution in [0.25, 0.3) is 0 Å². The Bertz CT molecular complexity index is 325. The van der Waals surface area contributed by atoms with Gasteiger partial charge in [-0.3, -0.25) is 0 Å². The monoisotopic (exact) mass is 257 g/mol. The molecule has 1 heterocycles. The van der Waals surface area contributed by atoms with Crippen molar-refractivity contribution >= 4 is 17.4 Å². The topological polar surface area (TPSA) is 74.2 Å². The Hall–Kier alpha value is -1.14. The number of aliphatic hydroxyl groups is 1. The number of urea groups is 1. The lowest BCUT2D eigenvalue weighted by molar-refractivity contribution is 0.211. The molecule has 17 heavy (non-hydrogen) atoms. The van der Waals surface area contributed by atoms with Gasteiger partial charge in [0.05, 0.1) is 18.7 Å². The first-order chi connectivity index (χ1) is 8.21. The second-order valence-electron chi connectivity index (χ2n) is 3.74. The Morgan fingerprint density at radius 2 is 2.24 bits per heavy atom. The molecule has 6 heteroatoms. The highest BCUT2D eigenvalue weighted by Crippen LogP contribution is 2.18. The molecule has 0 spiro atoms. The van der Waals surface area contributed by atoms with Crippen LogP contribution in [0.15, 0.2) is 11.6 Å². The Labute approximate surface area is 105 Å². The summed E-state index contributed by atoms with van der Waals surface area (Å²) in [7, 11) is 0. The van der Waals surface area contributed by atoms with Gasteiger partial charge in [0, 0.05) is 11.6 Å². The van der Waals surface area contributed by atoms with Crippen LogP contribution in [0.2, 0.25) is 0 Å². The van der Waals surface area contributed by atoms with E-state index in [0.29, 0.717) is 6.42 Å². The molecule has 3 N–H and O–H groups in total. The summed E-state index contributed by atoms with van der Waals surface area (Å²) in [5.74, 6) is 0. The zero-order valence-electron chi connectivity index (χ0n) is 10.1. The van der Waals surface area contributed by atoms with Crippen molar-refractivity contribution in [3.05, 3.63) is 16.6 Å². The van der Waals surface area contributed by atoms with Gasteiger partial charge in [-0.2, -0.15) is 0 Å². The van der Waals surface area contributed by atoms with Gasteiger partial charge >= 0.3 is 6.03 Å². The number of aliphatic hydroxyl groups excluding tert-OH is 1. The number of carbonyl (C=O) groups is 1.